The van der Waals surface area contributed by atoms with Crippen LogP contribution in [0.1, 0.15) is 27.3 Å². The van der Waals surface area contributed by atoms with E-state index in [2.05, 4.69) is 20.4 Å². The highest BCUT2D eigenvalue weighted by Gasteiger charge is 2.33. The van der Waals surface area contributed by atoms with Crippen LogP contribution in [0.3, 0.4) is 0 Å². The van der Waals surface area contributed by atoms with Crippen LogP contribution >= 0.6 is 11.6 Å². The Labute approximate surface area is 170 Å². The fourth-order valence-electron chi connectivity index (χ4n) is 3.96. The Balaban J connectivity index is 2.00. The standard InChI is InChI=1S/C20H17ClN6O2/c1-8-5-6-12(28)9(2)16(8)27-17(21)14-13-15(23-10(3)24-19(13)27)11-7-22-26(4)18(11)25-20(14)29/h5-7,28H,1-4H3,(H,25,29). The van der Waals surface area contributed by atoms with Gasteiger partial charge in [0.15, 0.2) is 5.65 Å². The summed E-state index contributed by atoms with van der Waals surface area (Å²) in [5.41, 5.74) is 4.34. The van der Waals surface area contributed by atoms with E-state index in [-0.39, 0.29) is 16.8 Å². The number of halogens is 1. The Morgan fingerprint density at radius 3 is 2.69 bits per heavy atom. The van der Waals surface area contributed by atoms with Gasteiger partial charge in [-0.15, -0.1) is 0 Å². The molecule has 0 unspecified atom stereocenters. The van der Waals surface area contributed by atoms with E-state index in [4.69, 9.17) is 11.6 Å². The van der Waals surface area contributed by atoms with Gasteiger partial charge in [-0.3, -0.25) is 14.0 Å². The fourth-order valence-corrected chi connectivity index (χ4v) is 4.31. The summed E-state index contributed by atoms with van der Waals surface area (Å²) in [6.45, 7) is 5.52. The first kappa shape index (κ1) is 17.7. The first-order valence-corrected chi connectivity index (χ1v) is 9.39. The molecule has 1 aliphatic rings. The molecule has 1 aromatic carbocycles. The first-order chi connectivity index (χ1) is 13.8. The first-order valence-electron chi connectivity index (χ1n) is 9.01. The van der Waals surface area contributed by atoms with Gasteiger partial charge in [-0.05, 0) is 32.4 Å². The van der Waals surface area contributed by atoms with E-state index in [0.29, 0.717) is 50.7 Å². The lowest BCUT2D eigenvalue weighted by molar-refractivity contribution is 0.102. The van der Waals surface area contributed by atoms with Crippen molar-refractivity contribution in [2.75, 3.05) is 5.32 Å². The van der Waals surface area contributed by atoms with E-state index >= 15 is 0 Å². The highest BCUT2D eigenvalue weighted by atomic mass is 35.5. The van der Waals surface area contributed by atoms with Crippen LogP contribution < -0.4 is 5.32 Å². The number of hydrogen-bond donors (Lipinski definition) is 2. The Hall–Kier alpha value is -3.39. The number of fused-ring (bicyclic) bond motifs is 2. The van der Waals surface area contributed by atoms with Gasteiger partial charge in [-0.25, -0.2) is 9.97 Å². The van der Waals surface area contributed by atoms with Crippen molar-refractivity contribution >= 4 is 34.4 Å². The number of rotatable bonds is 1. The van der Waals surface area contributed by atoms with Gasteiger partial charge in [0, 0.05) is 12.6 Å². The van der Waals surface area contributed by atoms with Crippen LogP contribution in [0, 0.1) is 20.8 Å². The van der Waals surface area contributed by atoms with E-state index in [1.165, 1.54) is 0 Å². The Bertz CT molecular complexity index is 1370. The molecule has 0 spiro atoms. The van der Waals surface area contributed by atoms with Crippen molar-refractivity contribution < 1.29 is 9.90 Å². The van der Waals surface area contributed by atoms with Crippen molar-refractivity contribution in [3.63, 3.8) is 0 Å². The summed E-state index contributed by atoms with van der Waals surface area (Å²) in [7, 11) is 1.75. The topological polar surface area (TPSA) is 97.9 Å². The van der Waals surface area contributed by atoms with Crippen LogP contribution in [0.25, 0.3) is 28.0 Å². The highest BCUT2D eigenvalue weighted by Crippen LogP contribution is 2.43. The zero-order valence-electron chi connectivity index (χ0n) is 16.2. The largest absolute Gasteiger partial charge is 0.508 e. The molecule has 146 valence electrons. The number of phenolic OH excluding ortho intramolecular Hbond substituents is 1. The average Bonchev–Trinajstić information content (AvgIpc) is 3.12. The summed E-state index contributed by atoms with van der Waals surface area (Å²) in [4.78, 5) is 22.4. The maximum Gasteiger partial charge on any atom is 0.260 e. The minimum atomic E-state index is -0.356. The molecule has 1 aliphatic heterocycles. The summed E-state index contributed by atoms with van der Waals surface area (Å²) in [6, 6.07) is 3.44. The number of aromatic nitrogens is 5. The van der Waals surface area contributed by atoms with Crippen LogP contribution in [0.4, 0.5) is 5.82 Å². The van der Waals surface area contributed by atoms with E-state index in [0.717, 1.165) is 5.56 Å². The van der Waals surface area contributed by atoms with Gasteiger partial charge in [0.25, 0.3) is 5.91 Å². The Kier molecular flexibility index (Phi) is 3.54. The number of anilines is 1. The molecule has 5 rings (SSSR count). The smallest absolute Gasteiger partial charge is 0.260 e. The number of phenols is 1. The predicted octanol–water partition coefficient (Wildman–Crippen LogP) is 3.67. The molecule has 0 atom stereocenters. The zero-order chi connectivity index (χ0) is 20.6. The second-order valence-electron chi connectivity index (χ2n) is 7.18. The summed E-state index contributed by atoms with van der Waals surface area (Å²) in [6.07, 6.45) is 1.67. The molecule has 0 aliphatic carbocycles. The van der Waals surface area contributed by atoms with Crippen LogP contribution in [0.15, 0.2) is 18.3 Å². The number of nitrogens with one attached hydrogen (secondary N) is 1. The summed E-state index contributed by atoms with van der Waals surface area (Å²) in [5.74, 6) is 0.874. The molecule has 9 heteroatoms. The molecule has 4 heterocycles. The lowest BCUT2D eigenvalue weighted by Crippen LogP contribution is -2.14. The van der Waals surface area contributed by atoms with Crippen molar-refractivity contribution in [2.45, 2.75) is 20.8 Å². The van der Waals surface area contributed by atoms with Crippen molar-refractivity contribution in [3.8, 4) is 22.7 Å². The molecule has 0 bridgehead atoms. The number of carbonyl (C=O) groups is 1. The number of hydrogen-bond acceptors (Lipinski definition) is 5. The average molecular weight is 409 g/mol. The monoisotopic (exact) mass is 408 g/mol. The maximum atomic E-state index is 13.1. The quantitative estimate of drug-likeness (QED) is 0.500. The third-order valence-electron chi connectivity index (χ3n) is 5.35. The number of amides is 1. The Morgan fingerprint density at radius 1 is 1.17 bits per heavy atom. The summed E-state index contributed by atoms with van der Waals surface area (Å²) >= 11 is 6.79. The molecule has 4 aromatic rings. The molecule has 3 aromatic heterocycles. The van der Waals surface area contributed by atoms with Gasteiger partial charge in [0.1, 0.15) is 22.5 Å². The number of aromatic hydroxyl groups is 1. The van der Waals surface area contributed by atoms with Crippen molar-refractivity contribution in [2.24, 2.45) is 7.05 Å². The van der Waals surface area contributed by atoms with Gasteiger partial charge < -0.3 is 10.4 Å². The van der Waals surface area contributed by atoms with Gasteiger partial charge in [-0.2, -0.15) is 5.10 Å². The molecule has 8 nitrogen and oxygen atoms in total. The maximum absolute atomic E-state index is 13.1. The summed E-state index contributed by atoms with van der Waals surface area (Å²) < 4.78 is 3.31. The Morgan fingerprint density at radius 2 is 1.93 bits per heavy atom. The van der Waals surface area contributed by atoms with E-state index in [9.17, 15) is 9.90 Å². The van der Waals surface area contributed by atoms with Crippen LogP contribution in [-0.2, 0) is 7.05 Å². The van der Waals surface area contributed by atoms with Gasteiger partial charge in [0.05, 0.1) is 34.1 Å². The molecular formula is C20H17ClN6O2. The third-order valence-corrected chi connectivity index (χ3v) is 5.70. The number of carbonyl (C=O) groups excluding carboxylic acids is 1. The van der Waals surface area contributed by atoms with Crippen molar-refractivity contribution in [1.29, 1.82) is 0 Å². The SMILES string of the molecule is Cc1nc2c3c(c(Cl)n(-c4c(C)ccc(O)c4C)c3n1)C(=O)Nc1c-2cnn1C. The molecule has 0 saturated carbocycles. The number of aryl methyl sites for hydroxylation is 3. The normalized spacial score (nSPS) is 12.8. The molecule has 0 radical (unpaired) electrons. The van der Waals surface area contributed by atoms with Crippen LogP contribution in [0.2, 0.25) is 5.15 Å². The van der Waals surface area contributed by atoms with Crippen LogP contribution in [0.5, 0.6) is 5.75 Å². The lowest BCUT2D eigenvalue weighted by atomic mass is 10.1. The molecular weight excluding hydrogens is 392 g/mol. The number of benzene rings is 1. The van der Waals surface area contributed by atoms with E-state index < -0.39 is 0 Å². The summed E-state index contributed by atoms with van der Waals surface area (Å²) in [5, 5.41) is 18.2. The minimum Gasteiger partial charge on any atom is -0.508 e. The zero-order valence-corrected chi connectivity index (χ0v) is 17.0. The molecule has 0 saturated heterocycles. The third kappa shape index (κ3) is 2.26. The predicted molar refractivity (Wildman–Crippen MR) is 110 cm³/mol. The van der Waals surface area contributed by atoms with E-state index in [1.807, 2.05) is 6.92 Å². The van der Waals surface area contributed by atoms with Crippen LogP contribution in [-0.4, -0.2) is 35.3 Å². The molecule has 2 N–H and O–H groups in total. The molecule has 0 fully saturated rings. The fraction of sp³-hybridized carbons (Fsp3) is 0.200. The van der Waals surface area contributed by atoms with Crippen molar-refractivity contribution in [1.82, 2.24) is 24.3 Å². The minimum absolute atomic E-state index is 0.141. The van der Waals surface area contributed by atoms with Crippen molar-refractivity contribution in [3.05, 3.63) is 46.0 Å². The van der Waals surface area contributed by atoms with E-state index in [1.54, 1.807) is 48.5 Å². The second kappa shape index (κ2) is 5.81. The van der Waals surface area contributed by atoms with Gasteiger partial charge in [0.2, 0.25) is 0 Å². The molecule has 1 amide bonds. The highest BCUT2D eigenvalue weighted by molar-refractivity contribution is 6.37. The van der Waals surface area contributed by atoms with Gasteiger partial charge in [-0.1, -0.05) is 17.7 Å². The molecule has 29 heavy (non-hydrogen) atoms. The number of nitrogens with zero attached hydrogens (tertiary/aromatic N) is 5. The van der Waals surface area contributed by atoms with Gasteiger partial charge >= 0.3 is 0 Å². The second-order valence-corrected chi connectivity index (χ2v) is 7.54. The lowest BCUT2D eigenvalue weighted by Gasteiger charge is -2.15.